The van der Waals surface area contributed by atoms with Crippen molar-refractivity contribution in [3.8, 4) is 11.5 Å². The molecule has 2 aromatic rings. The second kappa shape index (κ2) is 6.55. The summed E-state index contributed by atoms with van der Waals surface area (Å²) in [5, 5.41) is 2.92. The van der Waals surface area contributed by atoms with Gasteiger partial charge in [0.2, 0.25) is 16.8 Å². The van der Waals surface area contributed by atoms with Gasteiger partial charge in [0.15, 0.2) is 11.5 Å². The number of carbonyl (C=O) groups is 1. The summed E-state index contributed by atoms with van der Waals surface area (Å²) in [5.41, 5.74) is 0.622. The van der Waals surface area contributed by atoms with E-state index in [1.807, 2.05) is 0 Å². The lowest BCUT2D eigenvalue weighted by Gasteiger charge is -2.13. The number of fused-ring (bicyclic) bond motifs is 1. The first-order chi connectivity index (χ1) is 11.8. The average molecular weight is 383 g/mol. The van der Waals surface area contributed by atoms with E-state index in [0.717, 1.165) is 4.31 Å². The van der Waals surface area contributed by atoms with E-state index < -0.39 is 15.9 Å². The van der Waals surface area contributed by atoms with Crippen LogP contribution in [0.2, 0.25) is 5.02 Å². The molecular formula is C16H15ClN2O5S. The highest BCUT2D eigenvalue weighted by atomic mass is 35.5. The van der Waals surface area contributed by atoms with E-state index in [2.05, 4.69) is 5.32 Å². The highest BCUT2D eigenvalue weighted by Crippen LogP contribution is 2.39. The maximum atomic E-state index is 12.4. The molecule has 9 heteroatoms. The molecule has 0 saturated heterocycles. The standard InChI is InChI=1S/C16H15ClN2O5S/c1-19(2)25(21,22)12-5-3-4-11(8-12)18-16(20)10-6-13(17)15-14(7-10)23-9-24-15/h3-8H,9H2,1-2H3,(H,18,20). The average Bonchev–Trinajstić information content (AvgIpc) is 3.04. The van der Waals surface area contributed by atoms with Crippen LogP contribution in [0.1, 0.15) is 10.4 Å². The largest absolute Gasteiger partial charge is 0.454 e. The molecule has 25 heavy (non-hydrogen) atoms. The minimum Gasteiger partial charge on any atom is -0.454 e. The number of amides is 1. The zero-order chi connectivity index (χ0) is 18.2. The molecule has 7 nitrogen and oxygen atoms in total. The summed E-state index contributed by atoms with van der Waals surface area (Å²) < 4.78 is 35.9. The van der Waals surface area contributed by atoms with Crippen molar-refractivity contribution in [2.75, 3.05) is 26.2 Å². The molecule has 1 aliphatic heterocycles. The molecule has 0 fully saturated rings. The van der Waals surface area contributed by atoms with Gasteiger partial charge in [-0.2, -0.15) is 0 Å². The van der Waals surface area contributed by atoms with E-state index >= 15 is 0 Å². The topological polar surface area (TPSA) is 84.9 Å². The lowest BCUT2D eigenvalue weighted by Crippen LogP contribution is -2.22. The number of nitrogens with zero attached hydrogens (tertiary/aromatic N) is 1. The smallest absolute Gasteiger partial charge is 0.255 e. The number of rotatable bonds is 4. The van der Waals surface area contributed by atoms with E-state index in [1.165, 1.54) is 38.4 Å². The van der Waals surface area contributed by atoms with E-state index in [-0.39, 0.29) is 22.3 Å². The molecule has 3 rings (SSSR count). The Morgan fingerprint density at radius 2 is 1.96 bits per heavy atom. The van der Waals surface area contributed by atoms with Crippen molar-refractivity contribution in [3.63, 3.8) is 0 Å². The molecule has 0 aromatic heterocycles. The third-order valence-electron chi connectivity index (χ3n) is 3.56. The van der Waals surface area contributed by atoms with Crippen LogP contribution < -0.4 is 14.8 Å². The first-order valence-corrected chi connectivity index (χ1v) is 9.04. The number of halogens is 1. The van der Waals surface area contributed by atoms with Crippen molar-refractivity contribution in [1.82, 2.24) is 4.31 Å². The predicted octanol–water partition coefficient (Wildman–Crippen LogP) is 2.57. The van der Waals surface area contributed by atoms with Gasteiger partial charge in [0, 0.05) is 25.3 Å². The van der Waals surface area contributed by atoms with Gasteiger partial charge in [0.1, 0.15) is 0 Å². The summed E-state index contributed by atoms with van der Waals surface area (Å²) in [6.07, 6.45) is 0. The van der Waals surface area contributed by atoms with E-state index in [9.17, 15) is 13.2 Å². The first-order valence-electron chi connectivity index (χ1n) is 7.22. The van der Waals surface area contributed by atoms with Crippen molar-refractivity contribution in [1.29, 1.82) is 0 Å². The Bertz CT molecular complexity index is 944. The summed E-state index contributed by atoms with van der Waals surface area (Å²) in [7, 11) is -0.711. The molecule has 0 unspecified atom stereocenters. The van der Waals surface area contributed by atoms with Crippen molar-refractivity contribution in [3.05, 3.63) is 47.0 Å². The predicted molar refractivity (Wildman–Crippen MR) is 92.8 cm³/mol. The van der Waals surface area contributed by atoms with Crippen LogP contribution >= 0.6 is 11.6 Å². The fourth-order valence-corrected chi connectivity index (χ4v) is 3.46. The van der Waals surface area contributed by atoms with Crippen molar-refractivity contribution < 1.29 is 22.7 Å². The molecule has 1 amide bonds. The van der Waals surface area contributed by atoms with Gasteiger partial charge in [0.05, 0.1) is 9.92 Å². The maximum Gasteiger partial charge on any atom is 0.255 e. The number of hydrogen-bond donors (Lipinski definition) is 1. The van der Waals surface area contributed by atoms with Gasteiger partial charge in [-0.25, -0.2) is 12.7 Å². The summed E-state index contributed by atoms with van der Waals surface area (Å²) in [5.74, 6) is 0.346. The van der Waals surface area contributed by atoms with E-state index in [0.29, 0.717) is 17.2 Å². The minimum absolute atomic E-state index is 0.0462. The molecule has 1 N–H and O–H groups in total. The van der Waals surface area contributed by atoms with Crippen molar-refractivity contribution in [2.45, 2.75) is 4.90 Å². The summed E-state index contributed by atoms with van der Waals surface area (Å²) in [4.78, 5) is 12.5. The van der Waals surface area contributed by atoms with Crippen LogP contribution in [-0.4, -0.2) is 39.5 Å². The zero-order valence-corrected chi connectivity index (χ0v) is 15.0. The molecular weight excluding hydrogens is 368 g/mol. The quantitative estimate of drug-likeness (QED) is 0.878. The van der Waals surface area contributed by atoms with Crippen LogP contribution in [0, 0.1) is 0 Å². The minimum atomic E-state index is -3.59. The molecule has 0 saturated carbocycles. The highest BCUT2D eigenvalue weighted by molar-refractivity contribution is 7.89. The molecule has 0 spiro atoms. The number of benzene rings is 2. The normalized spacial score (nSPS) is 13.1. The van der Waals surface area contributed by atoms with Crippen LogP contribution in [0.25, 0.3) is 0 Å². The van der Waals surface area contributed by atoms with Crippen LogP contribution in [0.5, 0.6) is 11.5 Å². The third-order valence-corrected chi connectivity index (χ3v) is 5.65. The van der Waals surface area contributed by atoms with Crippen LogP contribution in [0.4, 0.5) is 5.69 Å². The Morgan fingerprint density at radius 1 is 1.20 bits per heavy atom. The molecule has 1 heterocycles. The summed E-state index contributed by atoms with van der Waals surface area (Å²) >= 11 is 6.07. The van der Waals surface area contributed by atoms with Gasteiger partial charge in [-0.1, -0.05) is 17.7 Å². The number of anilines is 1. The van der Waals surface area contributed by atoms with Gasteiger partial charge in [-0.15, -0.1) is 0 Å². The Kier molecular flexibility index (Phi) is 4.59. The zero-order valence-electron chi connectivity index (χ0n) is 13.4. The molecule has 132 valence electrons. The lowest BCUT2D eigenvalue weighted by atomic mass is 10.2. The van der Waals surface area contributed by atoms with Gasteiger partial charge in [-0.05, 0) is 30.3 Å². The van der Waals surface area contributed by atoms with Gasteiger partial charge in [-0.3, -0.25) is 4.79 Å². The summed E-state index contributed by atoms with van der Waals surface area (Å²) in [6.45, 7) is 0.0462. The Hall–Kier alpha value is -2.29. The van der Waals surface area contributed by atoms with Gasteiger partial charge in [0.25, 0.3) is 5.91 Å². The fraction of sp³-hybridized carbons (Fsp3) is 0.188. The number of ether oxygens (including phenoxy) is 2. The molecule has 0 atom stereocenters. The summed E-state index contributed by atoms with van der Waals surface area (Å²) in [6, 6.07) is 8.98. The molecule has 0 aliphatic carbocycles. The van der Waals surface area contributed by atoms with Gasteiger partial charge >= 0.3 is 0 Å². The maximum absolute atomic E-state index is 12.4. The molecule has 0 bridgehead atoms. The Morgan fingerprint density at radius 3 is 2.68 bits per heavy atom. The molecule has 2 aromatic carbocycles. The lowest BCUT2D eigenvalue weighted by molar-refractivity contribution is 0.102. The first kappa shape index (κ1) is 17.5. The second-order valence-corrected chi connectivity index (χ2v) is 8.02. The van der Waals surface area contributed by atoms with Gasteiger partial charge < -0.3 is 14.8 Å². The Labute approximate surface area is 150 Å². The van der Waals surface area contributed by atoms with Crippen molar-refractivity contribution >= 4 is 33.2 Å². The number of carbonyl (C=O) groups excluding carboxylic acids is 1. The van der Waals surface area contributed by atoms with Crippen LogP contribution in [-0.2, 0) is 10.0 Å². The number of hydrogen-bond acceptors (Lipinski definition) is 5. The third kappa shape index (κ3) is 3.41. The SMILES string of the molecule is CN(C)S(=O)(=O)c1cccc(NC(=O)c2cc(Cl)c3c(c2)OCO3)c1. The highest BCUT2D eigenvalue weighted by Gasteiger charge is 2.21. The van der Waals surface area contributed by atoms with Crippen molar-refractivity contribution in [2.24, 2.45) is 0 Å². The second-order valence-electron chi connectivity index (χ2n) is 5.46. The monoisotopic (exact) mass is 382 g/mol. The number of nitrogens with one attached hydrogen (secondary N) is 1. The van der Waals surface area contributed by atoms with Crippen LogP contribution in [0.3, 0.4) is 0 Å². The molecule has 0 radical (unpaired) electrons. The Balaban J connectivity index is 1.86. The van der Waals surface area contributed by atoms with Crippen LogP contribution in [0.15, 0.2) is 41.3 Å². The molecule has 1 aliphatic rings. The fourth-order valence-electron chi connectivity index (χ4n) is 2.25. The number of sulfonamides is 1. The van der Waals surface area contributed by atoms with E-state index in [4.69, 9.17) is 21.1 Å². The van der Waals surface area contributed by atoms with E-state index in [1.54, 1.807) is 12.1 Å².